The van der Waals surface area contributed by atoms with E-state index in [9.17, 15) is 9.59 Å². The molecule has 4 heteroatoms. The first kappa shape index (κ1) is 19.6. The predicted octanol–water partition coefficient (Wildman–Crippen LogP) is 5.28. The molecule has 0 aromatic rings. The first-order valence-electron chi connectivity index (χ1n) is 12.7. The number of rotatable bonds is 5. The molecule has 0 saturated heterocycles. The Morgan fingerprint density at radius 1 is 0.833 bits per heavy atom. The summed E-state index contributed by atoms with van der Waals surface area (Å²) < 4.78 is 12.5. The van der Waals surface area contributed by atoms with E-state index in [1.807, 2.05) is 6.92 Å². The predicted molar refractivity (Wildman–Crippen MR) is 112 cm³/mol. The van der Waals surface area contributed by atoms with E-state index in [0.29, 0.717) is 35.5 Å². The Bertz CT molecular complexity index is 700. The van der Waals surface area contributed by atoms with Crippen LogP contribution in [0, 0.1) is 46.8 Å². The molecule has 8 aliphatic carbocycles. The zero-order chi connectivity index (χ0) is 20.9. The molecular weight excluding hydrogens is 376 g/mol. The highest BCUT2D eigenvalue weighted by Gasteiger charge is 2.73. The second kappa shape index (κ2) is 6.25. The van der Waals surface area contributed by atoms with Crippen LogP contribution >= 0.6 is 0 Å². The summed E-state index contributed by atoms with van der Waals surface area (Å²) in [7, 11) is 0. The molecule has 0 radical (unpaired) electrons. The lowest BCUT2D eigenvalue weighted by molar-refractivity contribution is -0.282. The molecule has 1 atom stereocenters. The van der Waals surface area contributed by atoms with Gasteiger partial charge in [-0.2, -0.15) is 0 Å². The summed E-state index contributed by atoms with van der Waals surface area (Å²) in [6.07, 6.45) is 11.5. The standard InChI is InChI=1S/C26H38O4/c1-4-15(2)22(27)29-26-12-19-16-9-25(23(28)30-24(3)7-5-6-8-24)10-17(19)21(14-26)18(11-25)20(16)13-26/h15-21H,4-14H2,1-3H3. The summed E-state index contributed by atoms with van der Waals surface area (Å²) in [5, 5.41) is 0. The number of hydrogen-bond donors (Lipinski definition) is 0. The maximum atomic E-state index is 13.5. The van der Waals surface area contributed by atoms with Gasteiger partial charge in [0, 0.05) is 0 Å². The van der Waals surface area contributed by atoms with Gasteiger partial charge in [-0.25, -0.2) is 0 Å². The van der Waals surface area contributed by atoms with Gasteiger partial charge in [0.05, 0.1) is 11.3 Å². The van der Waals surface area contributed by atoms with E-state index in [0.717, 1.165) is 57.8 Å². The molecule has 0 N–H and O–H groups in total. The van der Waals surface area contributed by atoms with Crippen molar-refractivity contribution in [3.63, 3.8) is 0 Å². The minimum Gasteiger partial charge on any atom is -0.459 e. The first-order chi connectivity index (χ1) is 14.3. The second-order valence-corrected chi connectivity index (χ2v) is 12.4. The molecular formula is C26H38O4. The summed E-state index contributed by atoms with van der Waals surface area (Å²) in [5.74, 6) is 4.08. The lowest BCUT2D eigenvalue weighted by Gasteiger charge is -2.73. The normalized spacial score (nSPS) is 50.0. The van der Waals surface area contributed by atoms with Crippen LogP contribution in [-0.4, -0.2) is 23.1 Å². The Hall–Kier alpha value is -1.06. The minimum atomic E-state index is -0.216. The Morgan fingerprint density at radius 2 is 1.30 bits per heavy atom. The summed E-state index contributed by atoms with van der Waals surface area (Å²) >= 11 is 0. The number of hydrogen-bond acceptors (Lipinski definition) is 4. The number of carbonyl (C=O) groups is 2. The summed E-state index contributed by atoms with van der Waals surface area (Å²) in [6.45, 7) is 6.21. The van der Waals surface area contributed by atoms with Crippen molar-refractivity contribution in [3.8, 4) is 0 Å². The van der Waals surface area contributed by atoms with Crippen molar-refractivity contribution in [2.45, 2.75) is 103 Å². The highest BCUT2D eigenvalue weighted by Crippen LogP contribution is 2.75. The van der Waals surface area contributed by atoms with E-state index in [4.69, 9.17) is 9.47 Å². The minimum absolute atomic E-state index is 0.000536. The summed E-state index contributed by atoms with van der Waals surface area (Å²) in [4.78, 5) is 26.2. The van der Waals surface area contributed by atoms with Gasteiger partial charge in [0.1, 0.15) is 11.2 Å². The van der Waals surface area contributed by atoms with Crippen LogP contribution in [0.25, 0.3) is 0 Å². The van der Waals surface area contributed by atoms with Crippen molar-refractivity contribution in [2.75, 3.05) is 0 Å². The van der Waals surface area contributed by atoms with Crippen LogP contribution in [0.2, 0.25) is 0 Å². The van der Waals surface area contributed by atoms with Crippen molar-refractivity contribution in [1.29, 1.82) is 0 Å². The monoisotopic (exact) mass is 414 g/mol. The van der Waals surface area contributed by atoms with Gasteiger partial charge in [0.2, 0.25) is 0 Å². The van der Waals surface area contributed by atoms with E-state index >= 15 is 0 Å². The molecule has 0 aliphatic heterocycles. The van der Waals surface area contributed by atoms with Crippen LogP contribution in [0.5, 0.6) is 0 Å². The topological polar surface area (TPSA) is 52.6 Å². The zero-order valence-corrected chi connectivity index (χ0v) is 19.0. The molecule has 0 spiro atoms. The Balaban J connectivity index is 1.23. The Morgan fingerprint density at radius 3 is 1.77 bits per heavy atom. The molecule has 8 bridgehead atoms. The van der Waals surface area contributed by atoms with Crippen LogP contribution in [-0.2, 0) is 19.1 Å². The van der Waals surface area contributed by atoms with Crippen LogP contribution in [0.3, 0.4) is 0 Å². The van der Waals surface area contributed by atoms with Crippen molar-refractivity contribution in [2.24, 2.45) is 46.8 Å². The average Bonchev–Trinajstić information content (AvgIpc) is 3.16. The van der Waals surface area contributed by atoms with Crippen LogP contribution in [0.15, 0.2) is 0 Å². The fourth-order valence-electron chi connectivity index (χ4n) is 9.28. The molecule has 0 amide bonds. The van der Waals surface area contributed by atoms with Gasteiger partial charge >= 0.3 is 11.9 Å². The summed E-state index contributed by atoms with van der Waals surface area (Å²) in [5.41, 5.74) is -0.620. The molecule has 8 rings (SSSR count). The maximum absolute atomic E-state index is 13.5. The summed E-state index contributed by atoms with van der Waals surface area (Å²) in [6, 6.07) is 0. The van der Waals surface area contributed by atoms with Gasteiger partial charge in [0.15, 0.2) is 0 Å². The molecule has 8 aliphatic rings. The second-order valence-electron chi connectivity index (χ2n) is 12.4. The molecule has 8 saturated carbocycles. The van der Waals surface area contributed by atoms with Crippen molar-refractivity contribution in [3.05, 3.63) is 0 Å². The van der Waals surface area contributed by atoms with Crippen LogP contribution < -0.4 is 0 Å². The average molecular weight is 415 g/mol. The van der Waals surface area contributed by atoms with Crippen molar-refractivity contribution >= 4 is 11.9 Å². The van der Waals surface area contributed by atoms with Gasteiger partial charge < -0.3 is 9.47 Å². The van der Waals surface area contributed by atoms with E-state index in [2.05, 4.69) is 13.8 Å². The van der Waals surface area contributed by atoms with Gasteiger partial charge in [-0.3, -0.25) is 9.59 Å². The molecule has 8 fully saturated rings. The van der Waals surface area contributed by atoms with Gasteiger partial charge in [0.25, 0.3) is 0 Å². The van der Waals surface area contributed by atoms with Gasteiger partial charge in [-0.1, -0.05) is 13.8 Å². The fourth-order valence-corrected chi connectivity index (χ4v) is 9.28. The molecule has 4 nitrogen and oxygen atoms in total. The zero-order valence-electron chi connectivity index (χ0n) is 19.0. The maximum Gasteiger partial charge on any atom is 0.312 e. The third-order valence-electron chi connectivity index (χ3n) is 10.8. The third-order valence-corrected chi connectivity index (χ3v) is 10.8. The molecule has 0 heterocycles. The van der Waals surface area contributed by atoms with Crippen LogP contribution in [0.1, 0.15) is 91.4 Å². The quantitative estimate of drug-likeness (QED) is 0.574. The third kappa shape index (κ3) is 2.57. The SMILES string of the molecule is CCC(C)C(=O)OC12CC3C4CC5(C(=O)OC6(C)CCCC6)CC3C(C1)C(C5)C4C2. The Labute approximate surface area is 180 Å². The largest absolute Gasteiger partial charge is 0.459 e. The lowest BCUT2D eigenvalue weighted by atomic mass is 9.32. The van der Waals surface area contributed by atoms with Gasteiger partial charge in [-0.15, -0.1) is 0 Å². The lowest BCUT2D eigenvalue weighted by Crippen LogP contribution is -2.71. The molecule has 166 valence electrons. The smallest absolute Gasteiger partial charge is 0.312 e. The molecule has 0 aromatic heterocycles. The number of carbonyl (C=O) groups excluding carboxylic acids is 2. The molecule has 30 heavy (non-hydrogen) atoms. The highest BCUT2D eigenvalue weighted by molar-refractivity contribution is 5.78. The van der Waals surface area contributed by atoms with Crippen LogP contribution in [0.4, 0.5) is 0 Å². The van der Waals surface area contributed by atoms with E-state index in [1.165, 1.54) is 12.8 Å². The molecule has 0 aromatic carbocycles. The van der Waals surface area contributed by atoms with E-state index < -0.39 is 0 Å². The van der Waals surface area contributed by atoms with E-state index in [1.54, 1.807) is 0 Å². The molecule has 1 unspecified atom stereocenters. The fraction of sp³-hybridized carbons (Fsp3) is 0.923. The highest BCUT2D eigenvalue weighted by atomic mass is 16.6. The van der Waals surface area contributed by atoms with Crippen molar-refractivity contribution < 1.29 is 19.1 Å². The first-order valence-corrected chi connectivity index (χ1v) is 12.7. The van der Waals surface area contributed by atoms with E-state index in [-0.39, 0.29) is 34.5 Å². The Kier molecular flexibility index (Phi) is 4.09. The van der Waals surface area contributed by atoms with Gasteiger partial charge in [-0.05, 0) is 113 Å². The van der Waals surface area contributed by atoms with Crippen molar-refractivity contribution in [1.82, 2.24) is 0 Å². The number of ether oxygens (including phenoxy) is 2. The number of esters is 2.